The van der Waals surface area contributed by atoms with E-state index in [1.54, 1.807) is 18.0 Å². The molecule has 3 aromatic rings. The number of rotatable bonds is 3. The van der Waals surface area contributed by atoms with E-state index < -0.39 is 0 Å². The predicted molar refractivity (Wildman–Crippen MR) is 98.8 cm³/mol. The number of aromatic amines is 1. The van der Waals surface area contributed by atoms with E-state index in [0.29, 0.717) is 17.0 Å². The summed E-state index contributed by atoms with van der Waals surface area (Å²) in [6.07, 6.45) is 6.04. The fraction of sp³-hybridized carbons (Fsp3) is 0.278. The first-order valence-electron chi connectivity index (χ1n) is 8.04. The number of hydrogen-bond acceptors (Lipinski definition) is 5. The Morgan fingerprint density at radius 2 is 1.88 bits per heavy atom. The van der Waals surface area contributed by atoms with E-state index in [4.69, 9.17) is 0 Å². The minimum Gasteiger partial charge on any atom is -0.342 e. The molecule has 0 amide bonds. The molecule has 5 nitrogen and oxygen atoms in total. The van der Waals surface area contributed by atoms with Crippen LogP contribution >= 0.6 is 11.8 Å². The van der Waals surface area contributed by atoms with Gasteiger partial charge in [0.2, 0.25) is 5.95 Å². The number of benzene rings is 1. The van der Waals surface area contributed by atoms with Crippen LogP contribution in [0.5, 0.6) is 0 Å². The maximum atomic E-state index is 12.7. The number of H-pyrrole nitrogens is 1. The van der Waals surface area contributed by atoms with Crippen LogP contribution < -0.4 is 10.5 Å². The summed E-state index contributed by atoms with van der Waals surface area (Å²) in [6, 6.07) is 10.1. The quantitative estimate of drug-likeness (QED) is 0.743. The smallest absolute Gasteiger partial charge is 0.262 e. The topological polar surface area (TPSA) is 61.9 Å². The summed E-state index contributed by atoms with van der Waals surface area (Å²) >= 11 is 1.70. The minimum absolute atomic E-state index is 0.126. The van der Waals surface area contributed by atoms with Crippen LogP contribution in [0.4, 0.5) is 5.95 Å². The molecule has 0 saturated carbocycles. The third-order valence-corrected chi connectivity index (χ3v) is 5.15. The summed E-state index contributed by atoms with van der Waals surface area (Å²) in [5, 5.41) is 0.553. The summed E-state index contributed by atoms with van der Waals surface area (Å²) in [4.78, 5) is 27.9. The Morgan fingerprint density at radius 3 is 2.58 bits per heavy atom. The summed E-state index contributed by atoms with van der Waals surface area (Å²) in [7, 11) is 0. The number of pyridine rings is 1. The van der Waals surface area contributed by atoms with Gasteiger partial charge in [-0.05, 0) is 48.4 Å². The highest BCUT2D eigenvalue weighted by Gasteiger charge is 2.17. The van der Waals surface area contributed by atoms with Crippen LogP contribution in [0.15, 0.2) is 46.2 Å². The molecule has 0 radical (unpaired) electrons. The molecule has 1 fully saturated rings. The van der Waals surface area contributed by atoms with Crippen LogP contribution in [0, 0.1) is 0 Å². The lowest BCUT2D eigenvalue weighted by molar-refractivity contribution is 0.897. The molecule has 1 aromatic carbocycles. The molecule has 6 heteroatoms. The lowest BCUT2D eigenvalue weighted by Gasteiger charge is -2.16. The lowest BCUT2D eigenvalue weighted by Crippen LogP contribution is -2.24. The predicted octanol–water partition coefficient (Wildman–Crippen LogP) is 3.31. The first-order chi connectivity index (χ1) is 11.8. The van der Waals surface area contributed by atoms with Gasteiger partial charge in [0.25, 0.3) is 5.56 Å². The van der Waals surface area contributed by atoms with Crippen molar-refractivity contribution in [2.75, 3.05) is 24.2 Å². The summed E-state index contributed by atoms with van der Waals surface area (Å²) in [5.74, 6) is 0.632. The van der Waals surface area contributed by atoms with Gasteiger partial charge in [-0.25, -0.2) is 4.98 Å². The summed E-state index contributed by atoms with van der Waals surface area (Å²) in [6.45, 7) is 1.87. The van der Waals surface area contributed by atoms with Crippen molar-refractivity contribution in [3.63, 3.8) is 0 Å². The van der Waals surface area contributed by atoms with Gasteiger partial charge in [-0.3, -0.25) is 9.78 Å². The number of nitrogens with one attached hydrogen (secondary N) is 1. The van der Waals surface area contributed by atoms with Crippen molar-refractivity contribution in [3.05, 3.63) is 46.9 Å². The highest BCUT2D eigenvalue weighted by molar-refractivity contribution is 7.98. The van der Waals surface area contributed by atoms with Gasteiger partial charge in [-0.2, -0.15) is 4.98 Å². The molecule has 0 spiro atoms. The van der Waals surface area contributed by atoms with Gasteiger partial charge in [0.05, 0.1) is 5.39 Å². The van der Waals surface area contributed by atoms with E-state index >= 15 is 0 Å². The third kappa shape index (κ3) is 2.67. The summed E-state index contributed by atoms with van der Waals surface area (Å²) < 4.78 is 0. The monoisotopic (exact) mass is 338 g/mol. The van der Waals surface area contributed by atoms with Gasteiger partial charge < -0.3 is 4.90 Å². The fourth-order valence-corrected chi connectivity index (χ4v) is 3.55. The van der Waals surface area contributed by atoms with Crippen LogP contribution in [-0.4, -0.2) is 34.3 Å². The zero-order chi connectivity index (χ0) is 16.5. The molecule has 24 heavy (non-hydrogen) atoms. The maximum Gasteiger partial charge on any atom is 0.262 e. The lowest BCUT2D eigenvalue weighted by atomic mass is 10.0. The van der Waals surface area contributed by atoms with E-state index in [1.807, 2.05) is 24.5 Å². The second-order valence-corrected chi connectivity index (χ2v) is 6.75. The van der Waals surface area contributed by atoms with E-state index in [0.717, 1.165) is 37.1 Å². The molecule has 1 saturated heterocycles. The second-order valence-electron chi connectivity index (χ2n) is 5.87. The van der Waals surface area contributed by atoms with Crippen molar-refractivity contribution >= 4 is 28.7 Å². The largest absolute Gasteiger partial charge is 0.342 e. The average Bonchev–Trinajstić information content (AvgIpc) is 3.16. The van der Waals surface area contributed by atoms with Crippen LogP contribution in [0.3, 0.4) is 0 Å². The molecule has 0 bridgehead atoms. The third-order valence-electron chi connectivity index (χ3n) is 4.40. The highest BCUT2D eigenvalue weighted by atomic mass is 32.2. The standard InChI is InChI=1S/C18H18N4OS/c1-24-13-6-4-12(5-7-13)14-8-9-19-16-15(14)17(23)21-18(20-16)22-10-2-3-11-22/h4-9H,2-3,10-11H2,1H3,(H,19,20,21,23). The average molecular weight is 338 g/mol. The number of fused-ring (bicyclic) bond motifs is 1. The molecule has 122 valence electrons. The zero-order valence-electron chi connectivity index (χ0n) is 13.5. The van der Waals surface area contributed by atoms with Crippen LogP contribution in [0.2, 0.25) is 0 Å². The maximum absolute atomic E-state index is 12.7. The SMILES string of the molecule is CSc1ccc(-c2ccnc3nc(N4CCCC4)[nH]c(=O)c23)cc1. The first-order valence-corrected chi connectivity index (χ1v) is 9.27. The van der Waals surface area contributed by atoms with Crippen LogP contribution in [0.1, 0.15) is 12.8 Å². The fourth-order valence-electron chi connectivity index (χ4n) is 3.14. The van der Waals surface area contributed by atoms with Gasteiger partial charge in [0.1, 0.15) is 0 Å². The van der Waals surface area contributed by atoms with Gasteiger partial charge in [0, 0.05) is 24.2 Å². The van der Waals surface area contributed by atoms with Gasteiger partial charge in [-0.1, -0.05) is 12.1 Å². The Morgan fingerprint density at radius 1 is 1.12 bits per heavy atom. The van der Waals surface area contributed by atoms with Crippen molar-refractivity contribution in [2.45, 2.75) is 17.7 Å². The molecular weight excluding hydrogens is 320 g/mol. The first kappa shape index (κ1) is 15.2. The number of aromatic nitrogens is 3. The normalized spacial score (nSPS) is 14.5. The molecule has 4 rings (SSSR count). The second kappa shape index (κ2) is 6.28. The van der Waals surface area contributed by atoms with Gasteiger partial charge in [0.15, 0.2) is 5.65 Å². The minimum atomic E-state index is -0.126. The molecule has 3 heterocycles. The van der Waals surface area contributed by atoms with E-state index in [1.165, 1.54) is 4.90 Å². The van der Waals surface area contributed by atoms with Crippen molar-refractivity contribution in [1.82, 2.24) is 15.0 Å². The number of nitrogens with zero attached hydrogens (tertiary/aromatic N) is 3. The number of hydrogen-bond donors (Lipinski definition) is 1. The van der Waals surface area contributed by atoms with E-state index in [-0.39, 0.29) is 5.56 Å². The Kier molecular flexibility index (Phi) is 3.98. The molecule has 1 aliphatic heterocycles. The van der Waals surface area contributed by atoms with Gasteiger partial charge in [-0.15, -0.1) is 11.8 Å². The molecule has 1 aliphatic rings. The van der Waals surface area contributed by atoms with Crippen LogP contribution in [-0.2, 0) is 0 Å². The summed E-state index contributed by atoms with van der Waals surface area (Å²) in [5.41, 5.74) is 2.25. The van der Waals surface area contributed by atoms with Crippen molar-refractivity contribution < 1.29 is 0 Å². The Balaban J connectivity index is 1.86. The molecule has 2 aromatic heterocycles. The van der Waals surface area contributed by atoms with Crippen molar-refractivity contribution in [3.8, 4) is 11.1 Å². The molecule has 0 unspecified atom stereocenters. The van der Waals surface area contributed by atoms with E-state index in [2.05, 4.69) is 32.0 Å². The zero-order valence-corrected chi connectivity index (χ0v) is 14.3. The van der Waals surface area contributed by atoms with Gasteiger partial charge >= 0.3 is 0 Å². The Hall–Kier alpha value is -2.34. The molecule has 1 N–H and O–H groups in total. The molecule has 0 aliphatic carbocycles. The van der Waals surface area contributed by atoms with Crippen LogP contribution in [0.25, 0.3) is 22.2 Å². The number of anilines is 1. The number of thioether (sulfide) groups is 1. The Bertz CT molecular complexity index is 930. The van der Waals surface area contributed by atoms with Crippen molar-refractivity contribution in [1.29, 1.82) is 0 Å². The Labute approximate surface area is 144 Å². The molecule has 0 atom stereocenters. The highest BCUT2D eigenvalue weighted by Crippen LogP contribution is 2.27. The van der Waals surface area contributed by atoms with E-state index in [9.17, 15) is 4.79 Å². The van der Waals surface area contributed by atoms with Crippen molar-refractivity contribution in [2.24, 2.45) is 0 Å². The molecular formula is C18H18N4OS.